The minimum Gasteiger partial charge on any atom is -0.366 e. The maximum Gasteiger partial charge on any atom is 0.248 e. The molecule has 0 aromatic heterocycles. The number of nitrogens with two attached hydrogens (primary N) is 1. The Labute approximate surface area is 75.6 Å². The zero-order chi connectivity index (χ0) is 8.97. The highest BCUT2D eigenvalue weighted by atomic mass is 35.5. The average molecular weight is 185 g/mol. The third-order valence-corrected chi connectivity index (χ3v) is 1.62. The lowest BCUT2D eigenvalue weighted by molar-refractivity contribution is 0.1000. The number of nitrogens with one attached hydrogen (secondary N) is 1. The van der Waals surface area contributed by atoms with Gasteiger partial charge in [-0.25, -0.2) is 4.84 Å². The number of benzene rings is 1. The smallest absolute Gasteiger partial charge is 0.248 e. The third-order valence-electron chi connectivity index (χ3n) is 1.48. The first-order chi connectivity index (χ1) is 5.74. The standard InChI is InChI=1S/C8H9ClN2O/c9-11-5-6-2-1-3-7(4-6)8(10)12/h1-4,11H,5H2,(H2,10,12). The predicted molar refractivity (Wildman–Crippen MR) is 47.7 cm³/mol. The molecule has 1 amide bonds. The molecule has 0 fully saturated rings. The Morgan fingerprint density at radius 3 is 2.92 bits per heavy atom. The SMILES string of the molecule is NC(=O)c1cccc(CNCl)c1. The van der Waals surface area contributed by atoms with Gasteiger partial charge in [0.2, 0.25) is 5.91 Å². The maximum absolute atomic E-state index is 10.7. The first-order valence-corrected chi connectivity index (χ1v) is 3.84. The minimum absolute atomic E-state index is 0.425. The maximum atomic E-state index is 10.7. The van der Waals surface area contributed by atoms with E-state index >= 15 is 0 Å². The van der Waals surface area contributed by atoms with Gasteiger partial charge in [-0.2, -0.15) is 0 Å². The molecule has 0 saturated heterocycles. The Kier molecular flexibility index (Phi) is 3.08. The van der Waals surface area contributed by atoms with E-state index in [0.29, 0.717) is 12.1 Å². The summed E-state index contributed by atoms with van der Waals surface area (Å²) in [5.41, 5.74) is 6.52. The van der Waals surface area contributed by atoms with Crippen LogP contribution in [0.15, 0.2) is 24.3 Å². The molecule has 0 spiro atoms. The van der Waals surface area contributed by atoms with E-state index in [1.807, 2.05) is 6.07 Å². The molecule has 0 aliphatic rings. The van der Waals surface area contributed by atoms with Crippen LogP contribution in [-0.2, 0) is 6.54 Å². The molecule has 1 aromatic rings. The molecule has 3 N–H and O–H groups in total. The molecule has 0 radical (unpaired) electrons. The van der Waals surface area contributed by atoms with Crippen molar-refractivity contribution in [1.29, 1.82) is 0 Å². The van der Waals surface area contributed by atoms with Gasteiger partial charge in [-0.15, -0.1) is 0 Å². The van der Waals surface area contributed by atoms with Gasteiger partial charge in [0.1, 0.15) is 0 Å². The van der Waals surface area contributed by atoms with Crippen molar-refractivity contribution in [1.82, 2.24) is 4.84 Å². The fourth-order valence-electron chi connectivity index (χ4n) is 0.912. The Hall–Kier alpha value is -1.06. The number of hydrogen-bond donors (Lipinski definition) is 2. The lowest BCUT2D eigenvalue weighted by Gasteiger charge is -1.99. The number of carbonyl (C=O) groups excluding carboxylic acids is 1. The Balaban J connectivity index is 2.88. The zero-order valence-electron chi connectivity index (χ0n) is 6.38. The van der Waals surface area contributed by atoms with Crippen LogP contribution in [0.3, 0.4) is 0 Å². The summed E-state index contributed by atoms with van der Waals surface area (Å²) < 4.78 is 0. The van der Waals surface area contributed by atoms with Gasteiger partial charge in [-0.3, -0.25) is 4.79 Å². The summed E-state index contributed by atoms with van der Waals surface area (Å²) in [5, 5.41) is 0. The Bertz CT molecular complexity index is 288. The second kappa shape index (κ2) is 4.09. The van der Waals surface area contributed by atoms with Crippen LogP contribution in [0.1, 0.15) is 15.9 Å². The molecule has 0 aliphatic carbocycles. The van der Waals surface area contributed by atoms with E-state index in [4.69, 9.17) is 17.5 Å². The molecule has 0 saturated carbocycles. The molecular formula is C8H9ClN2O. The third kappa shape index (κ3) is 2.22. The number of amides is 1. The highest BCUT2D eigenvalue weighted by molar-refractivity contribution is 6.13. The normalized spacial score (nSPS) is 9.75. The number of rotatable bonds is 3. The van der Waals surface area contributed by atoms with Gasteiger partial charge in [-0.05, 0) is 29.5 Å². The number of halogens is 1. The van der Waals surface area contributed by atoms with Crippen LogP contribution in [0.5, 0.6) is 0 Å². The van der Waals surface area contributed by atoms with Crippen LogP contribution < -0.4 is 10.6 Å². The van der Waals surface area contributed by atoms with E-state index in [1.54, 1.807) is 18.2 Å². The topological polar surface area (TPSA) is 55.1 Å². The van der Waals surface area contributed by atoms with E-state index in [2.05, 4.69) is 4.84 Å². The van der Waals surface area contributed by atoms with E-state index in [9.17, 15) is 4.79 Å². The quantitative estimate of drug-likeness (QED) is 0.690. The molecule has 64 valence electrons. The lowest BCUT2D eigenvalue weighted by Crippen LogP contribution is -2.11. The fourth-order valence-corrected chi connectivity index (χ4v) is 1.07. The summed E-state index contributed by atoms with van der Waals surface area (Å²) >= 11 is 5.30. The van der Waals surface area contributed by atoms with E-state index in [1.165, 1.54) is 0 Å². The van der Waals surface area contributed by atoms with Gasteiger partial charge in [0.05, 0.1) is 0 Å². The van der Waals surface area contributed by atoms with Gasteiger partial charge < -0.3 is 5.73 Å². The van der Waals surface area contributed by atoms with Crippen LogP contribution >= 0.6 is 11.8 Å². The van der Waals surface area contributed by atoms with E-state index < -0.39 is 5.91 Å². The second-order valence-electron chi connectivity index (χ2n) is 2.38. The molecule has 0 aliphatic heterocycles. The summed E-state index contributed by atoms with van der Waals surface area (Å²) in [6, 6.07) is 7.00. The molecule has 1 aromatic carbocycles. The predicted octanol–water partition coefficient (Wildman–Crippen LogP) is 1.03. The minimum atomic E-state index is -0.425. The zero-order valence-corrected chi connectivity index (χ0v) is 7.14. The molecule has 3 nitrogen and oxygen atoms in total. The molecule has 1 rings (SSSR count). The summed E-state index contributed by atoms with van der Waals surface area (Å²) in [6.45, 7) is 0.517. The highest BCUT2D eigenvalue weighted by Gasteiger charge is 1.99. The van der Waals surface area contributed by atoms with Gasteiger partial charge in [-0.1, -0.05) is 12.1 Å². The summed E-state index contributed by atoms with van der Waals surface area (Å²) in [4.78, 5) is 13.2. The molecule has 0 bridgehead atoms. The fraction of sp³-hybridized carbons (Fsp3) is 0.125. The first-order valence-electron chi connectivity index (χ1n) is 3.46. The second-order valence-corrected chi connectivity index (χ2v) is 2.64. The number of hydrogen-bond acceptors (Lipinski definition) is 2. The monoisotopic (exact) mass is 184 g/mol. The van der Waals surface area contributed by atoms with Crippen molar-refractivity contribution in [2.45, 2.75) is 6.54 Å². The van der Waals surface area contributed by atoms with Crippen molar-refractivity contribution in [3.8, 4) is 0 Å². The summed E-state index contributed by atoms with van der Waals surface area (Å²) in [6.07, 6.45) is 0. The number of primary amides is 1. The van der Waals surface area contributed by atoms with E-state index in [-0.39, 0.29) is 0 Å². The Morgan fingerprint density at radius 1 is 1.58 bits per heavy atom. The van der Waals surface area contributed by atoms with Crippen molar-refractivity contribution >= 4 is 17.7 Å². The molecule has 0 atom stereocenters. The Morgan fingerprint density at radius 2 is 2.33 bits per heavy atom. The first kappa shape index (κ1) is 9.03. The van der Waals surface area contributed by atoms with Crippen molar-refractivity contribution in [2.75, 3.05) is 0 Å². The van der Waals surface area contributed by atoms with Gasteiger partial charge in [0.15, 0.2) is 0 Å². The number of carbonyl (C=O) groups is 1. The van der Waals surface area contributed by atoms with Crippen LogP contribution in [0.2, 0.25) is 0 Å². The van der Waals surface area contributed by atoms with Gasteiger partial charge in [0.25, 0.3) is 0 Å². The molecule has 12 heavy (non-hydrogen) atoms. The highest BCUT2D eigenvalue weighted by Crippen LogP contribution is 2.04. The van der Waals surface area contributed by atoms with Gasteiger partial charge >= 0.3 is 0 Å². The van der Waals surface area contributed by atoms with Crippen LogP contribution in [0.25, 0.3) is 0 Å². The van der Waals surface area contributed by atoms with Crippen molar-refractivity contribution < 1.29 is 4.79 Å². The molecule has 0 unspecified atom stereocenters. The van der Waals surface area contributed by atoms with Crippen LogP contribution in [0, 0.1) is 0 Å². The summed E-state index contributed by atoms with van der Waals surface area (Å²) in [5.74, 6) is -0.425. The lowest BCUT2D eigenvalue weighted by atomic mass is 10.1. The summed E-state index contributed by atoms with van der Waals surface area (Å²) in [7, 11) is 0. The van der Waals surface area contributed by atoms with Crippen LogP contribution in [-0.4, -0.2) is 5.91 Å². The van der Waals surface area contributed by atoms with Crippen molar-refractivity contribution in [3.63, 3.8) is 0 Å². The van der Waals surface area contributed by atoms with E-state index in [0.717, 1.165) is 5.56 Å². The molecule has 4 heteroatoms. The van der Waals surface area contributed by atoms with Crippen molar-refractivity contribution in [2.24, 2.45) is 5.73 Å². The largest absolute Gasteiger partial charge is 0.366 e. The molecule has 0 heterocycles. The van der Waals surface area contributed by atoms with Crippen LogP contribution in [0.4, 0.5) is 0 Å². The molecular weight excluding hydrogens is 176 g/mol. The average Bonchev–Trinajstić information content (AvgIpc) is 2.05. The van der Waals surface area contributed by atoms with Gasteiger partial charge in [0, 0.05) is 12.1 Å². The van der Waals surface area contributed by atoms with Crippen molar-refractivity contribution in [3.05, 3.63) is 35.4 Å².